The molecule has 1 atom stereocenters. The zero-order chi connectivity index (χ0) is 8.97. The molecule has 0 aliphatic carbocycles. The third kappa shape index (κ3) is 2.17. The number of imide groups is 1. The van der Waals surface area contributed by atoms with Crippen LogP contribution in [-0.2, 0) is 9.59 Å². The predicted octanol–water partition coefficient (Wildman–Crippen LogP) is -0.433. The Morgan fingerprint density at radius 1 is 1.58 bits per heavy atom. The lowest BCUT2D eigenvalue weighted by Gasteiger charge is -2.07. The summed E-state index contributed by atoms with van der Waals surface area (Å²) in [6.45, 7) is 4.10. The summed E-state index contributed by atoms with van der Waals surface area (Å²) < 4.78 is 0. The largest absolute Gasteiger partial charge is 0.306 e. The van der Waals surface area contributed by atoms with E-state index in [0.717, 1.165) is 25.5 Å². The Morgan fingerprint density at radius 2 is 2.33 bits per heavy atom. The van der Waals surface area contributed by atoms with E-state index < -0.39 is 5.91 Å². The van der Waals surface area contributed by atoms with Gasteiger partial charge in [0.05, 0.1) is 6.04 Å². The minimum Gasteiger partial charge on any atom is -0.306 e. The van der Waals surface area contributed by atoms with E-state index >= 15 is 0 Å². The summed E-state index contributed by atoms with van der Waals surface area (Å²) in [5.74, 6) is -0.689. The van der Waals surface area contributed by atoms with Crippen LogP contribution in [0.15, 0.2) is 12.7 Å². The Kier molecular flexibility index (Phi) is 2.99. The number of nitrogens with one attached hydrogen (secondary N) is 2. The van der Waals surface area contributed by atoms with Crippen LogP contribution in [0.25, 0.3) is 0 Å². The van der Waals surface area contributed by atoms with Crippen LogP contribution in [0.2, 0.25) is 0 Å². The molecule has 0 radical (unpaired) electrons. The Balaban J connectivity index is 2.36. The summed E-state index contributed by atoms with van der Waals surface area (Å²) in [6.07, 6.45) is 2.88. The highest BCUT2D eigenvalue weighted by atomic mass is 16.2. The minimum absolute atomic E-state index is 0.200. The second kappa shape index (κ2) is 4.01. The van der Waals surface area contributed by atoms with Crippen molar-refractivity contribution in [1.82, 2.24) is 10.6 Å². The summed E-state index contributed by atoms with van der Waals surface area (Å²) >= 11 is 0. The minimum atomic E-state index is -0.436. The van der Waals surface area contributed by atoms with Crippen LogP contribution in [0.4, 0.5) is 0 Å². The molecule has 12 heavy (non-hydrogen) atoms. The molecule has 4 heteroatoms. The standard InChI is InChI=1S/C8H12N2O2/c1-2-7(11)10-8(12)6-4-3-5-9-6/h2,6,9H,1,3-5H2,(H,10,11,12). The third-order valence-corrected chi connectivity index (χ3v) is 1.81. The van der Waals surface area contributed by atoms with Gasteiger partial charge in [-0.1, -0.05) is 6.58 Å². The van der Waals surface area contributed by atoms with Gasteiger partial charge in [-0.3, -0.25) is 14.9 Å². The Bertz CT molecular complexity index is 207. The SMILES string of the molecule is C=CC(=O)NC(=O)C1CCCN1. The van der Waals surface area contributed by atoms with E-state index in [1.165, 1.54) is 0 Å². The van der Waals surface area contributed by atoms with E-state index in [4.69, 9.17) is 0 Å². The van der Waals surface area contributed by atoms with E-state index in [2.05, 4.69) is 17.2 Å². The summed E-state index contributed by atoms with van der Waals surface area (Å²) in [5.41, 5.74) is 0. The number of amides is 2. The van der Waals surface area contributed by atoms with Crippen molar-refractivity contribution in [3.05, 3.63) is 12.7 Å². The summed E-state index contributed by atoms with van der Waals surface area (Å²) in [6, 6.07) is -0.200. The molecule has 1 heterocycles. The van der Waals surface area contributed by atoms with Crippen molar-refractivity contribution in [2.75, 3.05) is 6.54 Å². The number of hydrogen-bond acceptors (Lipinski definition) is 3. The molecule has 1 unspecified atom stereocenters. The maximum absolute atomic E-state index is 11.2. The number of hydrogen-bond donors (Lipinski definition) is 2. The molecule has 1 rings (SSSR count). The van der Waals surface area contributed by atoms with Crippen LogP contribution >= 0.6 is 0 Å². The first-order valence-corrected chi connectivity index (χ1v) is 3.94. The van der Waals surface area contributed by atoms with E-state index in [-0.39, 0.29) is 11.9 Å². The highest BCUT2D eigenvalue weighted by Crippen LogP contribution is 2.04. The lowest BCUT2D eigenvalue weighted by atomic mass is 10.2. The van der Waals surface area contributed by atoms with Crippen LogP contribution in [0, 0.1) is 0 Å². The highest BCUT2D eigenvalue weighted by Gasteiger charge is 2.22. The lowest BCUT2D eigenvalue weighted by Crippen LogP contribution is -2.42. The summed E-state index contributed by atoms with van der Waals surface area (Å²) in [7, 11) is 0. The Hall–Kier alpha value is -1.16. The van der Waals surface area contributed by atoms with Crippen molar-refractivity contribution in [2.24, 2.45) is 0 Å². The maximum Gasteiger partial charge on any atom is 0.249 e. The van der Waals surface area contributed by atoms with Gasteiger partial charge in [0.2, 0.25) is 11.8 Å². The van der Waals surface area contributed by atoms with Gasteiger partial charge < -0.3 is 5.32 Å². The number of carbonyl (C=O) groups is 2. The monoisotopic (exact) mass is 168 g/mol. The Labute approximate surface area is 71.0 Å². The topological polar surface area (TPSA) is 58.2 Å². The molecule has 1 saturated heterocycles. The molecular weight excluding hydrogens is 156 g/mol. The van der Waals surface area contributed by atoms with Gasteiger partial charge in [-0.05, 0) is 25.5 Å². The molecule has 0 aromatic carbocycles. The molecule has 0 spiro atoms. The fourth-order valence-corrected chi connectivity index (χ4v) is 1.17. The molecule has 0 bridgehead atoms. The van der Waals surface area contributed by atoms with Crippen LogP contribution in [0.3, 0.4) is 0 Å². The fourth-order valence-electron chi connectivity index (χ4n) is 1.17. The summed E-state index contributed by atoms with van der Waals surface area (Å²) in [4.78, 5) is 21.9. The summed E-state index contributed by atoms with van der Waals surface area (Å²) in [5, 5.41) is 5.20. The first-order chi connectivity index (χ1) is 5.74. The second-order valence-electron chi connectivity index (χ2n) is 2.71. The van der Waals surface area contributed by atoms with Crippen molar-refractivity contribution in [2.45, 2.75) is 18.9 Å². The molecule has 1 aliphatic rings. The molecular formula is C8H12N2O2. The van der Waals surface area contributed by atoms with Crippen molar-refractivity contribution in [1.29, 1.82) is 0 Å². The van der Waals surface area contributed by atoms with Crippen LogP contribution in [0.5, 0.6) is 0 Å². The molecule has 0 aromatic rings. The Morgan fingerprint density at radius 3 is 2.83 bits per heavy atom. The quantitative estimate of drug-likeness (QED) is 0.550. The average molecular weight is 168 g/mol. The zero-order valence-corrected chi connectivity index (χ0v) is 6.80. The van der Waals surface area contributed by atoms with Crippen molar-refractivity contribution in [3.8, 4) is 0 Å². The molecule has 1 fully saturated rings. The lowest BCUT2D eigenvalue weighted by molar-refractivity contribution is -0.129. The van der Waals surface area contributed by atoms with Crippen molar-refractivity contribution in [3.63, 3.8) is 0 Å². The molecule has 1 aliphatic heterocycles. The predicted molar refractivity (Wildman–Crippen MR) is 44.4 cm³/mol. The van der Waals surface area contributed by atoms with E-state index in [1.807, 2.05) is 0 Å². The van der Waals surface area contributed by atoms with Gasteiger partial charge in [0, 0.05) is 0 Å². The van der Waals surface area contributed by atoms with E-state index in [1.54, 1.807) is 0 Å². The first kappa shape index (κ1) is 8.93. The maximum atomic E-state index is 11.2. The van der Waals surface area contributed by atoms with Gasteiger partial charge in [-0.25, -0.2) is 0 Å². The van der Waals surface area contributed by atoms with Gasteiger partial charge in [0.25, 0.3) is 0 Å². The molecule has 2 N–H and O–H groups in total. The van der Waals surface area contributed by atoms with Gasteiger partial charge in [0.15, 0.2) is 0 Å². The number of carbonyl (C=O) groups excluding carboxylic acids is 2. The zero-order valence-electron chi connectivity index (χ0n) is 6.80. The first-order valence-electron chi connectivity index (χ1n) is 3.94. The smallest absolute Gasteiger partial charge is 0.249 e. The van der Waals surface area contributed by atoms with Crippen LogP contribution in [0.1, 0.15) is 12.8 Å². The van der Waals surface area contributed by atoms with E-state index in [0.29, 0.717) is 0 Å². The average Bonchev–Trinajstić information content (AvgIpc) is 2.56. The third-order valence-electron chi connectivity index (χ3n) is 1.81. The molecule has 0 saturated carbocycles. The van der Waals surface area contributed by atoms with Crippen molar-refractivity contribution >= 4 is 11.8 Å². The van der Waals surface area contributed by atoms with Gasteiger partial charge in [-0.15, -0.1) is 0 Å². The highest BCUT2D eigenvalue weighted by molar-refractivity contribution is 6.02. The molecule has 66 valence electrons. The second-order valence-corrected chi connectivity index (χ2v) is 2.71. The van der Waals surface area contributed by atoms with Gasteiger partial charge in [-0.2, -0.15) is 0 Å². The molecule has 2 amide bonds. The van der Waals surface area contributed by atoms with Crippen LogP contribution < -0.4 is 10.6 Å². The van der Waals surface area contributed by atoms with Crippen LogP contribution in [-0.4, -0.2) is 24.4 Å². The molecule has 0 aromatic heterocycles. The normalized spacial score (nSPS) is 21.8. The van der Waals surface area contributed by atoms with Gasteiger partial charge in [0.1, 0.15) is 0 Å². The number of rotatable bonds is 2. The van der Waals surface area contributed by atoms with Crippen molar-refractivity contribution < 1.29 is 9.59 Å². The van der Waals surface area contributed by atoms with E-state index in [9.17, 15) is 9.59 Å². The fraction of sp³-hybridized carbons (Fsp3) is 0.500. The van der Waals surface area contributed by atoms with Gasteiger partial charge >= 0.3 is 0 Å². The molecule has 4 nitrogen and oxygen atoms in total.